The monoisotopic (exact) mass is 380 g/mol. The Labute approximate surface area is 151 Å². The second-order valence-corrected chi connectivity index (χ2v) is 5.84. The molecule has 1 aromatic heterocycles. The fraction of sp³-hybridized carbons (Fsp3) is 0.0588. The molecule has 0 atom stereocenters. The van der Waals surface area contributed by atoms with E-state index in [1.807, 2.05) is 0 Å². The van der Waals surface area contributed by atoms with Crippen molar-refractivity contribution in [1.82, 2.24) is 0 Å². The zero-order valence-corrected chi connectivity index (χ0v) is 14.0. The van der Waals surface area contributed by atoms with Crippen molar-refractivity contribution in [3.8, 4) is 11.5 Å². The minimum Gasteiger partial charge on any atom is -0.506 e. The SMILES string of the molecule is O=C(O)COc1ccc(C(=O)c2coc3c(Cl)c(Cl)c(O)cc23)cc1. The van der Waals surface area contributed by atoms with Crippen LogP contribution in [-0.4, -0.2) is 28.6 Å². The summed E-state index contributed by atoms with van der Waals surface area (Å²) >= 11 is 11.9. The number of hydrogen-bond acceptors (Lipinski definition) is 5. The molecule has 25 heavy (non-hydrogen) atoms. The molecular formula is C17H10Cl2O6. The summed E-state index contributed by atoms with van der Waals surface area (Å²) in [7, 11) is 0. The van der Waals surface area contributed by atoms with Crippen molar-refractivity contribution in [2.24, 2.45) is 0 Å². The molecule has 0 spiro atoms. The number of carbonyl (C=O) groups excluding carboxylic acids is 1. The van der Waals surface area contributed by atoms with E-state index in [9.17, 15) is 14.7 Å². The summed E-state index contributed by atoms with van der Waals surface area (Å²) in [6.07, 6.45) is 1.24. The molecule has 3 rings (SSSR count). The highest BCUT2D eigenvalue weighted by Crippen LogP contribution is 2.40. The van der Waals surface area contributed by atoms with E-state index in [2.05, 4.69) is 0 Å². The number of ether oxygens (including phenoxy) is 1. The molecule has 0 aliphatic rings. The van der Waals surface area contributed by atoms with Crippen molar-refractivity contribution < 1.29 is 29.0 Å². The van der Waals surface area contributed by atoms with Crippen molar-refractivity contribution in [2.45, 2.75) is 0 Å². The smallest absolute Gasteiger partial charge is 0.341 e. The fourth-order valence-corrected chi connectivity index (χ4v) is 2.66. The minimum absolute atomic E-state index is 0.0214. The van der Waals surface area contributed by atoms with Gasteiger partial charge in [0.1, 0.15) is 27.8 Å². The minimum atomic E-state index is -1.10. The summed E-state index contributed by atoms with van der Waals surface area (Å²) in [6.45, 7) is -0.474. The highest BCUT2D eigenvalue weighted by Gasteiger charge is 2.20. The molecule has 0 radical (unpaired) electrons. The molecule has 8 heteroatoms. The van der Waals surface area contributed by atoms with Gasteiger partial charge in [-0.3, -0.25) is 4.79 Å². The number of fused-ring (bicyclic) bond motifs is 1. The van der Waals surface area contributed by atoms with Crippen LogP contribution < -0.4 is 4.74 Å². The highest BCUT2D eigenvalue weighted by molar-refractivity contribution is 6.46. The number of phenolic OH excluding ortho intramolecular Hbond substituents is 1. The number of carbonyl (C=O) groups is 2. The molecule has 0 amide bonds. The highest BCUT2D eigenvalue weighted by atomic mass is 35.5. The average Bonchev–Trinajstić information content (AvgIpc) is 3.01. The average molecular weight is 381 g/mol. The number of carboxylic acids is 1. The molecule has 2 aromatic carbocycles. The van der Waals surface area contributed by atoms with Crippen LogP contribution in [0.4, 0.5) is 0 Å². The predicted molar refractivity (Wildman–Crippen MR) is 90.9 cm³/mol. The molecule has 0 unspecified atom stereocenters. The van der Waals surface area contributed by atoms with Gasteiger partial charge in [0.05, 0.1) is 5.56 Å². The van der Waals surface area contributed by atoms with E-state index in [4.69, 9.17) is 37.5 Å². The standard InChI is InChI=1S/C17H10Cl2O6/c18-14-12(20)5-10-11(6-25-17(10)15(14)19)16(23)8-1-3-9(4-2-8)24-7-13(21)22/h1-6,20H,7H2,(H,21,22). The van der Waals surface area contributed by atoms with Crippen LogP contribution in [0.3, 0.4) is 0 Å². The van der Waals surface area contributed by atoms with Crippen LogP contribution in [0, 0.1) is 0 Å². The zero-order valence-electron chi connectivity index (χ0n) is 12.5. The number of benzene rings is 2. The lowest BCUT2D eigenvalue weighted by Crippen LogP contribution is -2.09. The van der Waals surface area contributed by atoms with E-state index in [-0.39, 0.29) is 32.7 Å². The number of halogens is 2. The van der Waals surface area contributed by atoms with Crippen LogP contribution in [-0.2, 0) is 4.79 Å². The van der Waals surface area contributed by atoms with Crippen LogP contribution in [0.25, 0.3) is 11.0 Å². The topological polar surface area (TPSA) is 97.0 Å². The van der Waals surface area contributed by atoms with Crippen molar-refractivity contribution >= 4 is 45.9 Å². The summed E-state index contributed by atoms with van der Waals surface area (Å²) in [4.78, 5) is 23.1. The molecule has 0 bridgehead atoms. The summed E-state index contributed by atoms with van der Waals surface area (Å²) in [5.74, 6) is -1.39. The van der Waals surface area contributed by atoms with Gasteiger partial charge in [0.25, 0.3) is 0 Å². The molecular weight excluding hydrogens is 371 g/mol. The van der Waals surface area contributed by atoms with Crippen LogP contribution in [0.5, 0.6) is 11.5 Å². The van der Waals surface area contributed by atoms with E-state index < -0.39 is 12.6 Å². The molecule has 1 heterocycles. The van der Waals surface area contributed by atoms with Crippen molar-refractivity contribution in [3.63, 3.8) is 0 Å². The maximum absolute atomic E-state index is 12.7. The summed E-state index contributed by atoms with van der Waals surface area (Å²) in [5, 5.41) is 18.7. The first-order valence-corrected chi connectivity index (χ1v) is 7.71. The Kier molecular flexibility index (Phi) is 4.57. The first-order chi connectivity index (χ1) is 11.9. The predicted octanol–water partition coefficient (Wildman–Crippen LogP) is 4.14. The number of aromatic hydroxyl groups is 1. The molecule has 2 N–H and O–H groups in total. The van der Waals surface area contributed by atoms with Gasteiger partial charge >= 0.3 is 5.97 Å². The third-order valence-electron chi connectivity index (χ3n) is 3.45. The lowest BCUT2D eigenvalue weighted by atomic mass is 10.0. The van der Waals surface area contributed by atoms with E-state index in [1.165, 1.54) is 36.6 Å². The molecule has 0 saturated heterocycles. The summed E-state index contributed by atoms with van der Waals surface area (Å²) < 4.78 is 10.3. The first kappa shape index (κ1) is 17.1. The van der Waals surface area contributed by atoms with Crippen LogP contribution >= 0.6 is 23.2 Å². The Bertz CT molecular complexity index is 975. The quantitative estimate of drug-likeness (QED) is 0.645. The number of carboxylic acid groups (broad SMARTS) is 1. The van der Waals surface area contributed by atoms with Crippen molar-refractivity contribution in [2.75, 3.05) is 6.61 Å². The van der Waals surface area contributed by atoms with Crippen LogP contribution in [0.2, 0.25) is 10.0 Å². The van der Waals surface area contributed by atoms with Crippen LogP contribution in [0.15, 0.2) is 41.0 Å². The van der Waals surface area contributed by atoms with Crippen molar-refractivity contribution in [1.29, 1.82) is 0 Å². The number of rotatable bonds is 5. The maximum Gasteiger partial charge on any atom is 0.341 e. The van der Waals surface area contributed by atoms with Crippen LogP contribution in [0.1, 0.15) is 15.9 Å². The number of furan rings is 1. The molecule has 0 fully saturated rings. The number of aliphatic carboxylic acids is 1. The first-order valence-electron chi connectivity index (χ1n) is 6.96. The van der Waals surface area contributed by atoms with Gasteiger partial charge in [-0.1, -0.05) is 23.2 Å². The van der Waals surface area contributed by atoms with Crippen molar-refractivity contribution in [3.05, 3.63) is 57.8 Å². The van der Waals surface area contributed by atoms with Gasteiger partial charge in [-0.2, -0.15) is 0 Å². The van der Waals surface area contributed by atoms with E-state index in [0.717, 1.165) is 0 Å². The second-order valence-electron chi connectivity index (χ2n) is 5.09. The van der Waals surface area contributed by atoms with E-state index in [0.29, 0.717) is 16.7 Å². The molecule has 0 aliphatic carbocycles. The van der Waals surface area contributed by atoms with E-state index in [1.54, 1.807) is 0 Å². The van der Waals surface area contributed by atoms with Gasteiger partial charge < -0.3 is 19.4 Å². The lowest BCUT2D eigenvalue weighted by Gasteiger charge is -2.05. The summed E-state index contributed by atoms with van der Waals surface area (Å²) in [6, 6.07) is 7.27. The molecule has 0 aliphatic heterocycles. The number of phenols is 1. The Morgan fingerprint density at radius 1 is 1.12 bits per heavy atom. The molecule has 0 saturated carbocycles. The Balaban J connectivity index is 1.93. The normalized spacial score (nSPS) is 10.8. The van der Waals surface area contributed by atoms with Gasteiger partial charge in [0.2, 0.25) is 0 Å². The fourth-order valence-electron chi connectivity index (χ4n) is 2.27. The summed E-state index contributed by atoms with van der Waals surface area (Å²) in [5.41, 5.74) is 0.744. The largest absolute Gasteiger partial charge is 0.506 e. The number of ketones is 1. The van der Waals surface area contributed by atoms with Gasteiger partial charge in [-0.05, 0) is 30.3 Å². The third kappa shape index (κ3) is 3.26. The van der Waals surface area contributed by atoms with Gasteiger partial charge in [-0.15, -0.1) is 0 Å². The Hall–Kier alpha value is -2.70. The Morgan fingerprint density at radius 2 is 1.80 bits per heavy atom. The van der Waals surface area contributed by atoms with E-state index >= 15 is 0 Å². The third-order valence-corrected chi connectivity index (χ3v) is 4.29. The van der Waals surface area contributed by atoms with Gasteiger partial charge in [-0.25, -0.2) is 4.79 Å². The molecule has 128 valence electrons. The van der Waals surface area contributed by atoms with Gasteiger partial charge in [0.15, 0.2) is 18.0 Å². The molecule has 3 aromatic rings. The number of hydrogen-bond donors (Lipinski definition) is 2. The Morgan fingerprint density at radius 3 is 2.44 bits per heavy atom. The lowest BCUT2D eigenvalue weighted by molar-refractivity contribution is -0.139. The van der Waals surface area contributed by atoms with Gasteiger partial charge in [0, 0.05) is 10.9 Å². The maximum atomic E-state index is 12.7. The molecule has 6 nitrogen and oxygen atoms in total. The second kappa shape index (κ2) is 6.66. The zero-order chi connectivity index (χ0) is 18.1.